The van der Waals surface area contributed by atoms with Crippen LogP contribution in [0.25, 0.3) is 17.3 Å². The minimum Gasteiger partial charge on any atom is -0.420 e. The first kappa shape index (κ1) is 21.1. The zero-order chi connectivity index (χ0) is 22.9. The third-order valence-electron chi connectivity index (χ3n) is 6.10. The summed E-state index contributed by atoms with van der Waals surface area (Å²) in [6.45, 7) is 5.96. The van der Waals surface area contributed by atoms with Crippen LogP contribution in [0.5, 0.6) is 0 Å². The standard InChI is InChI=1S/C26H27N5O2/c1-16(2)24-15-23(26-29-28-17(3)33-26)30-31(24)20-11-6-10-19(14-20)25(32)27-22-13-7-9-18-8-4-5-12-21(18)22/h4-6,8,10-12,14-16,22H,7,9,13H2,1-3H3,(H,27,32)/t22-/m1/s1. The van der Waals surface area contributed by atoms with Crippen LogP contribution in [0, 0.1) is 6.92 Å². The fourth-order valence-electron chi connectivity index (χ4n) is 4.44. The van der Waals surface area contributed by atoms with Gasteiger partial charge < -0.3 is 9.73 Å². The summed E-state index contributed by atoms with van der Waals surface area (Å²) in [6.07, 6.45) is 3.09. The summed E-state index contributed by atoms with van der Waals surface area (Å²) in [7, 11) is 0. The van der Waals surface area contributed by atoms with E-state index < -0.39 is 0 Å². The number of nitrogens with zero attached hydrogens (tertiary/aromatic N) is 4. The molecule has 0 unspecified atom stereocenters. The highest BCUT2D eigenvalue weighted by Gasteiger charge is 2.23. The van der Waals surface area contributed by atoms with Crippen molar-refractivity contribution in [1.82, 2.24) is 25.3 Å². The second kappa shape index (κ2) is 8.65. The van der Waals surface area contributed by atoms with E-state index in [0.717, 1.165) is 30.6 Å². The van der Waals surface area contributed by atoms with Gasteiger partial charge in [0.25, 0.3) is 11.8 Å². The smallest absolute Gasteiger partial charge is 0.268 e. The molecule has 1 amide bonds. The van der Waals surface area contributed by atoms with Gasteiger partial charge in [-0.15, -0.1) is 10.2 Å². The normalized spacial score (nSPS) is 15.5. The molecule has 1 aliphatic rings. The van der Waals surface area contributed by atoms with Crippen LogP contribution < -0.4 is 5.32 Å². The third kappa shape index (κ3) is 4.18. The molecule has 0 saturated carbocycles. The van der Waals surface area contributed by atoms with Crippen LogP contribution >= 0.6 is 0 Å². The Morgan fingerprint density at radius 1 is 1.12 bits per heavy atom. The number of fused-ring (bicyclic) bond motifs is 1. The number of carbonyl (C=O) groups is 1. The average Bonchev–Trinajstić information content (AvgIpc) is 3.46. The summed E-state index contributed by atoms with van der Waals surface area (Å²) in [6, 6.07) is 17.9. The predicted molar refractivity (Wildman–Crippen MR) is 125 cm³/mol. The van der Waals surface area contributed by atoms with Gasteiger partial charge in [0, 0.05) is 18.2 Å². The lowest BCUT2D eigenvalue weighted by molar-refractivity contribution is 0.0932. The van der Waals surface area contributed by atoms with Crippen LogP contribution in [0.2, 0.25) is 0 Å². The first-order chi connectivity index (χ1) is 16.0. The van der Waals surface area contributed by atoms with Gasteiger partial charge in [-0.05, 0) is 60.6 Å². The number of hydrogen-bond donors (Lipinski definition) is 1. The second-order valence-corrected chi connectivity index (χ2v) is 8.81. The van der Waals surface area contributed by atoms with Crippen molar-refractivity contribution in [3.8, 4) is 17.3 Å². The predicted octanol–water partition coefficient (Wildman–Crippen LogP) is 5.16. The summed E-state index contributed by atoms with van der Waals surface area (Å²) in [5.41, 5.74) is 5.59. The number of benzene rings is 2. The first-order valence-electron chi connectivity index (χ1n) is 11.4. The molecule has 0 fully saturated rings. The minimum atomic E-state index is -0.0791. The Kier molecular flexibility index (Phi) is 5.54. The van der Waals surface area contributed by atoms with Gasteiger partial charge in [0.05, 0.1) is 11.7 Å². The van der Waals surface area contributed by atoms with Gasteiger partial charge in [-0.25, -0.2) is 4.68 Å². The average molecular weight is 442 g/mol. The summed E-state index contributed by atoms with van der Waals surface area (Å²) in [4.78, 5) is 13.2. The topological polar surface area (TPSA) is 85.8 Å². The number of carbonyl (C=O) groups excluding carboxylic acids is 1. The van der Waals surface area contributed by atoms with Gasteiger partial charge in [0.15, 0.2) is 0 Å². The summed E-state index contributed by atoms with van der Waals surface area (Å²) in [5, 5.41) is 16.0. The van der Waals surface area contributed by atoms with E-state index >= 15 is 0 Å². The van der Waals surface area contributed by atoms with E-state index in [2.05, 4.69) is 47.6 Å². The maximum absolute atomic E-state index is 13.2. The summed E-state index contributed by atoms with van der Waals surface area (Å²) < 4.78 is 7.42. The van der Waals surface area contributed by atoms with Crippen molar-refractivity contribution in [1.29, 1.82) is 0 Å². The van der Waals surface area contributed by atoms with Crippen molar-refractivity contribution < 1.29 is 9.21 Å². The van der Waals surface area contributed by atoms with Crippen LogP contribution in [-0.2, 0) is 6.42 Å². The van der Waals surface area contributed by atoms with Gasteiger partial charge in [0.2, 0.25) is 5.89 Å². The van der Waals surface area contributed by atoms with E-state index in [1.54, 1.807) is 6.92 Å². The van der Waals surface area contributed by atoms with Gasteiger partial charge in [-0.1, -0.05) is 44.2 Å². The Balaban J connectivity index is 1.44. The molecule has 7 nitrogen and oxygen atoms in total. The van der Waals surface area contributed by atoms with E-state index in [9.17, 15) is 4.79 Å². The van der Waals surface area contributed by atoms with Gasteiger partial charge in [-0.2, -0.15) is 5.10 Å². The number of nitrogens with one attached hydrogen (secondary N) is 1. The number of rotatable bonds is 5. The highest BCUT2D eigenvalue weighted by molar-refractivity contribution is 5.95. The van der Waals surface area contributed by atoms with Gasteiger partial charge in [-0.3, -0.25) is 4.79 Å². The molecule has 2 aromatic heterocycles. The van der Waals surface area contributed by atoms with Crippen LogP contribution in [-0.4, -0.2) is 25.9 Å². The molecule has 1 aliphatic carbocycles. The molecule has 2 aromatic carbocycles. The Labute approximate surface area is 192 Å². The molecular weight excluding hydrogens is 414 g/mol. The van der Waals surface area contributed by atoms with E-state index in [-0.39, 0.29) is 17.9 Å². The maximum atomic E-state index is 13.2. The highest BCUT2D eigenvalue weighted by atomic mass is 16.4. The van der Waals surface area contributed by atoms with Crippen molar-refractivity contribution in [3.63, 3.8) is 0 Å². The fraction of sp³-hybridized carbons (Fsp3) is 0.308. The zero-order valence-electron chi connectivity index (χ0n) is 19.1. The largest absolute Gasteiger partial charge is 0.420 e. The molecule has 0 aliphatic heterocycles. The van der Waals surface area contributed by atoms with Crippen molar-refractivity contribution in [2.24, 2.45) is 0 Å². The first-order valence-corrected chi connectivity index (χ1v) is 11.4. The third-order valence-corrected chi connectivity index (χ3v) is 6.10. The zero-order valence-corrected chi connectivity index (χ0v) is 19.1. The minimum absolute atomic E-state index is 0.0365. The number of amides is 1. The lowest BCUT2D eigenvalue weighted by atomic mass is 9.87. The van der Waals surface area contributed by atoms with Crippen molar-refractivity contribution in [2.75, 3.05) is 0 Å². The second-order valence-electron chi connectivity index (χ2n) is 8.81. The van der Waals surface area contributed by atoms with Crippen molar-refractivity contribution in [2.45, 2.75) is 52.0 Å². The molecule has 0 saturated heterocycles. The van der Waals surface area contributed by atoms with Crippen molar-refractivity contribution in [3.05, 3.63) is 82.9 Å². The van der Waals surface area contributed by atoms with Gasteiger partial charge in [0.1, 0.15) is 5.69 Å². The van der Waals surface area contributed by atoms with E-state index in [1.807, 2.05) is 41.1 Å². The van der Waals surface area contributed by atoms with E-state index in [0.29, 0.717) is 23.0 Å². The quantitative estimate of drug-likeness (QED) is 0.462. The molecular formula is C26H27N5O2. The lowest BCUT2D eigenvalue weighted by Crippen LogP contribution is -2.31. The van der Waals surface area contributed by atoms with E-state index in [4.69, 9.17) is 9.52 Å². The monoisotopic (exact) mass is 441 g/mol. The molecule has 33 heavy (non-hydrogen) atoms. The Hall–Kier alpha value is -3.74. The Bertz CT molecular complexity index is 1300. The van der Waals surface area contributed by atoms with Crippen LogP contribution in [0.3, 0.4) is 0 Å². The van der Waals surface area contributed by atoms with Crippen LogP contribution in [0.1, 0.15) is 71.7 Å². The van der Waals surface area contributed by atoms with Crippen LogP contribution in [0.15, 0.2) is 59.0 Å². The summed E-state index contributed by atoms with van der Waals surface area (Å²) >= 11 is 0. The SMILES string of the molecule is Cc1nnc(-c2cc(C(C)C)n(-c3cccc(C(=O)N[C@@H]4CCCc5ccccc54)c3)n2)o1. The van der Waals surface area contributed by atoms with E-state index in [1.165, 1.54) is 11.1 Å². The molecule has 5 rings (SSSR count). The molecule has 0 bridgehead atoms. The lowest BCUT2D eigenvalue weighted by Gasteiger charge is -2.26. The molecule has 0 spiro atoms. The molecule has 2 heterocycles. The number of hydrogen-bond acceptors (Lipinski definition) is 5. The van der Waals surface area contributed by atoms with Crippen LogP contribution in [0.4, 0.5) is 0 Å². The molecule has 4 aromatic rings. The molecule has 168 valence electrons. The molecule has 7 heteroatoms. The van der Waals surface area contributed by atoms with Crippen molar-refractivity contribution >= 4 is 5.91 Å². The Morgan fingerprint density at radius 3 is 2.76 bits per heavy atom. The molecule has 0 radical (unpaired) electrons. The highest BCUT2D eigenvalue weighted by Crippen LogP contribution is 2.30. The molecule has 1 N–H and O–H groups in total. The molecule has 1 atom stereocenters. The number of aromatic nitrogens is 4. The summed E-state index contributed by atoms with van der Waals surface area (Å²) in [5.74, 6) is 1.02. The number of aryl methyl sites for hydroxylation is 2. The fourth-order valence-corrected chi connectivity index (χ4v) is 4.44. The maximum Gasteiger partial charge on any atom is 0.268 e. The van der Waals surface area contributed by atoms with Gasteiger partial charge >= 0.3 is 0 Å². The Morgan fingerprint density at radius 2 is 1.97 bits per heavy atom.